The second-order valence-corrected chi connectivity index (χ2v) is 12.2. The van der Waals surface area contributed by atoms with E-state index in [9.17, 15) is 4.79 Å². The molecule has 4 heteroatoms. The van der Waals surface area contributed by atoms with Crippen molar-refractivity contribution in [3.05, 3.63) is 0 Å². The molecule has 3 aliphatic rings. The fourth-order valence-electron chi connectivity index (χ4n) is 5.49. The highest BCUT2D eigenvalue weighted by Gasteiger charge is 2.46. The van der Waals surface area contributed by atoms with Crippen LogP contribution in [-0.4, -0.2) is 60.5 Å². The summed E-state index contributed by atoms with van der Waals surface area (Å²) in [6, 6.07) is 0. The minimum atomic E-state index is 0.00950. The highest BCUT2D eigenvalue weighted by atomic mass is 16.2. The molecular weight excluding hydrogens is 346 g/mol. The highest BCUT2D eigenvalue weighted by molar-refractivity contribution is 5.79. The molecule has 0 aromatic carbocycles. The van der Waals surface area contributed by atoms with E-state index in [1.165, 1.54) is 58.2 Å². The minimum absolute atomic E-state index is 0.00950. The summed E-state index contributed by atoms with van der Waals surface area (Å²) in [5.41, 5.74) is 0.922. The van der Waals surface area contributed by atoms with Crippen LogP contribution >= 0.6 is 0 Å². The van der Waals surface area contributed by atoms with E-state index in [1.807, 2.05) is 0 Å². The Morgan fingerprint density at radius 1 is 0.964 bits per heavy atom. The monoisotopic (exact) mass is 391 g/mol. The van der Waals surface area contributed by atoms with Gasteiger partial charge in [-0.15, -0.1) is 0 Å². The van der Waals surface area contributed by atoms with E-state index in [0.29, 0.717) is 17.4 Å². The molecule has 3 rings (SSSR count). The Morgan fingerprint density at radius 2 is 1.54 bits per heavy atom. The van der Waals surface area contributed by atoms with Gasteiger partial charge in [-0.1, -0.05) is 20.8 Å². The van der Waals surface area contributed by atoms with Gasteiger partial charge in [-0.05, 0) is 89.6 Å². The maximum atomic E-state index is 12.4. The first kappa shape index (κ1) is 22.1. The number of piperidine rings is 1. The van der Waals surface area contributed by atoms with Crippen LogP contribution < -0.4 is 5.32 Å². The van der Waals surface area contributed by atoms with Crippen LogP contribution in [0.3, 0.4) is 0 Å². The molecule has 4 nitrogen and oxygen atoms in total. The molecule has 0 atom stereocenters. The van der Waals surface area contributed by atoms with Crippen LogP contribution in [0, 0.1) is 22.7 Å². The van der Waals surface area contributed by atoms with Crippen LogP contribution in [0.2, 0.25) is 0 Å². The first-order valence-electron chi connectivity index (χ1n) is 11.7. The number of amides is 1. The van der Waals surface area contributed by atoms with Crippen molar-refractivity contribution in [1.82, 2.24) is 15.1 Å². The molecule has 1 amide bonds. The predicted molar refractivity (Wildman–Crippen MR) is 117 cm³/mol. The third-order valence-electron chi connectivity index (χ3n) is 7.68. The number of nitrogens with zero attached hydrogens (tertiary/aromatic N) is 2. The molecule has 162 valence electrons. The molecule has 0 aromatic rings. The summed E-state index contributed by atoms with van der Waals surface area (Å²) < 4.78 is 0. The van der Waals surface area contributed by atoms with Gasteiger partial charge in [0.2, 0.25) is 5.91 Å². The van der Waals surface area contributed by atoms with E-state index in [0.717, 1.165) is 24.9 Å². The summed E-state index contributed by atoms with van der Waals surface area (Å²) in [7, 11) is 0. The molecule has 1 spiro atoms. The van der Waals surface area contributed by atoms with E-state index in [1.54, 1.807) is 0 Å². The smallest absolute Gasteiger partial charge is 0.236 e. The summed E-state index contributed by atoms with van der Waals surface area (Å²) in [5.74, 6) is 2.11. The Bertz CT molecular complexity index is 521. The summed E-state index contributed by atoms with van der Waals surface area (Å²) in [5, 5.41) is 3.33. The Kier molecular flexibility index (Phi) is 6.51. The fourth-order valence-corrected chi connectivity index (χ4v) is 5.49. The van der Waals surface area contributed by atoms with Crippen molar-refractivity contribution < 1.29 is 4.79 Å². The van der Waals surface area contributed by atoms with E-state index >= 15 is 0 Å². The number of carbonyl (C=O) groups excluding carboxylic acids is 1. The first-order valence-corrected chi connectivity index (χ1v) is 11.7. The van der Waals surface area contributed by atoms with Crippen LogP contribution in [-0.2, 0) is 4.79 Å². The zero-order valence-electron chi connectivity index (χ0n) is 19.4. The van der Waals surface area contributed by atoms with E-state index < -0.39 is 0 Å². The van der Waals surface area contributed by atoms with Crippen LogP contribution in [0.5, 0.6) is 0 Å². The molecule has 0 aromatic heterocycles. The number of likely N-dealkylation sites (tertiary alicyclic amines) is 2. The molecule has 2 saturated heterocycles. The fraction of sp³-hybridized carbons (Fsp3) is 0.958. The Labute approximate surface area is 173 Å². The number of carbonyl (C=O) groups is 1. The Balaban J connectivity index is 1.34. The van der Waals surface area contributed by atoms with E-state index in [4.69, 9.17) is 0 Å². The van der Waals surface area contributed by atoms with Crippen molar-refractivity contribution in [1.29, 1.82) is 0 Å². The lowest BCUT2D eigenvalue weighted by Crippen LogP contribution is -2.63. The van der Waals surface area contributed by atoms with Gasteiger partial charge in [-0.2, -0.15) is 0 Å². The standard InChI is InChI=1S/C24H45N3O/c1-22(2,3)20-9-7-19(8-10-20)16-26-13-11-24(12-14-26)17-27(18-24)21(28)15-25-23(4,5)6/h19-20,25H,7-18H2,1-6H3. The van der Waals surface area contributed by atoms with Gasteiger partial charge < -0.3 is 15.1 Å². The van der Waals surface area contributed by atoms with Gasteiger partial charge >= 0.3 is 0 Å². The summed E-state index contributed by atoms with van der Waals surface area (Å²) in [6.45, 7) is 19.8. The molecule has 0 unspecified atom stereocenters. The van der Waals surface area contributed by atoms with Crippen LogP contribution in [0.25, 0.3) is 0 Å². The number of hydrogen-bond acceptors (Lipinski definition) is 3. The lowest BCUT2D eigenvalue weighted by Gasteiger charge is -2.54. The van der Waals surface area contributed by atoms with E-state index in [2.05, 4.69) is 56.7 Å². The normalized spacial score (nSPS) is 29.0. The molecule has 2 aliphatic heterocycles. The van der Waals surface area contributed by atoms with Gasteiger partial charge in [0.1, 0.15) is 0 Å². The summed E-state index contributed by atoms with van der Waals surface area (Å²) in [6.07, 6.45) is 8.25. The molecule has 1 saturated carbocycles. The predicted octanol–water partition coefficient (Wildman–Crippen LogP) is 4.15. The summed E-state index contributed by atoms with van der Waals surface area (Å²) >= 11 is 0. The van der Waals surface area contributed by atoms with Gasteiger partial charge in [0, 0.05) is 30.6 Å². The third kappa shape index (κ3) is 5.72. The van der Waals surface area contributed by atoms with Crippen molar-refractivity contribution >= 4 is 5.91 Å². The second kappa shape index (κ2) is 8.26. The lowest BCUT2D eigenvalue weighted by molar-refractivity contribution is -0.146. The third-order valence-corrected chi connectivity index (χ3v) is 7.68. The average molecular weight is 392 g/mol. The first-order chi connectivity index (χ1) is 13.0. The van der Waals surface area contributed by atoms with Gasteiger partial charge in [0.05, 0.1) is 6.54 Å². The molecule has 0 radical (unpaired) electrons. The highest BCUT2D eigenvalue weighted by Crippen LogP contribution is 2.42. The Hall–Kier alpha value is -0.610. The van der Waals surface area contributed by atoms with Crippen LogP contribution in [0.15, 0.2) is 0 Å². The van der Waals surface area contributed by atoms with Gasteiger partial charge in [0.15, 0.2) is 0 Å². The SMILES string of the molecule is CC(C)(C)NCC(=O)N1CC2(CCN(CC3CCC(C(C)(C)C)CC3)CC2)C1. The molecule has 28 heavy (non-hydrogen) atoms. The summed E-state index contributed by atoms with van der Waals surface area (Å²) in [4.78, 5) is 17.2. The zero-order valence-corrected chi connectivity index (χ0v) is 19.4. The quantitative estimate of drug-likeness (QED) is 0.782. The average Bonchev–Trinajstić information content (AvgIpc) is 2.57. The number of hydrogen-bond donors (Lipinski definition) is 1. The van der Waals surface area contributed by atoms with Gasteiger partial charge in [-0.3, -0.25) is 4.79 Å². The second-order valence-electron chi connectivity index (χ2n) is 12.2. The van der Waals surface area contributed by atoms with Crippen molar-refractivity contribution in [3.63, 3.8) is 0 Å². The number of nitrogens with one attached hydrogen (secondary N) is 1. The largest absolute Gasteiger partial charge is 0.340 e. The molecule has 1 aliphatic carbocycles. The molecule has 0 bridgehead atoms. The lowest BCUT2D eigenvalue weighted by atomic mass is 9.69. The zero-order chi connectivity index (χ0) is 20.6. The van der Waals surface area contributed by atoms with Crippen molar-refractivity contribution in [2.45, 2.75) is 85.6 Å². The molecule has 1 N–H and O–H groups in total. The Morgan fingerprint density at radius 3 is 2.04 bits per heavy atom. The van der Waals surface area contributed by atoms with Gasteiger partial charge in [-0.25, -0.2) is 0 Å². The van der Waals surface area contributed by atoms with Crippen molar-refractivity contribution in [3.8, 4) is 0 Å². The topological polar surface area (TPSA) is 35.6 Å². The minimum Gasteiger partial charge on any atom is -0.340 e. The van der Waals surface area contributed by atoms with Crippen molar-refractivity contribution in [2.24, 2.45) is 22.7 Å². The van der Waals surface area contributed by atoms with Crippen LogP contribution in [0.4, 0.5) is 0 Å². The van der Waals surface area contributed by atoms with Crippen LogP contribution in [0.1, 0.15) is 80.1 Å². The maximum Gasteiger partial charge on any atom is 0.236 e. The maximum absolute atomic E-state index is 12.4. The van der Waals surface area contributed by atoms with Gasteiger partial charge in [0.25, 0.3) is 0 Å². The van der Waals surface area contributed by atoms with Crippen molar-refractivity contribution in [2.75, 3.05) is 39.3 Å². The molecule has 2 heterocycles. The molecule has 3 fully saturated rings. The number of rotatable bonds is 4. The molecular formula is C24H45N3O. The van der Waals surface area contributed by atoms with E-state index in [-0.39, 0.29) is 11.4 Å².